The van der Waals surface area contributed by atoms with Crippen molar-refractivity contribution in [2.75, 3.05) is 13.2 Å². The number of ether oxygens (including phenoxy) is 8. The maximum atomic E-state index is 11.9. The molecule has 14 nitrogen and oxygen atoms in total. The number of carbonyl (C=O) groups is 5. The van der Waals surface area contributed by atoms with Crippen LogP contribution in [-0.4, -0.2) is 85.2 Å². The first-order valence-corrected chi connectivity index (χ1v) is 11.9. The number of hydrogen-bond donors (Lipinski definition) is 1. The summed E-state index contributed by atoms with van der Waals surface area (Å²) in [5.41, 5.74) is 0. The second-order valence-corrected chi connectivity index (χ2v) is 8.36. The van der Waals surface area contributed by atoms with E-state index in [9.17, 15) is 29.1 Å². The van der Waals surface area contributed by atoms with Crippen molar-refractivity contribution in [1.29, 1.82) is 0 Å². The van der Waals surface area contributed by atoms with Gasteiger partial charge in [0.25, 0.3) is 0 Å². The number of aliphatic hydroxyl groups is 1. The van der Waals surface area contributed by atoms with Crippen LogP contribution >= 0.6 is 0 Å². The van der Waals surface area contributed by atoms with Crippen LogP contribution in [0.25, 0.3) is 0 Å². The molecule has 1 aliphatic rings. The van der Waals surface area contributed by atoms with E-state index in [1.54, 1.807) is 12.1 Å². The Balaban J connectivity index is 2.24. The average Bonchev–Trinajstić information content (AvgIpc) is 2.81. The fourth-order valence-corrected chi connectivity index (χ4v) is 3.56. The molecule has 1 saturated heterocycles. The van der Waals surface area contributed by atoms with Gasteiger partial charge in [-0.3, -0.25) is 24.0 Å². The van der Waals surface area contributed by atoms with E-state index in [0.29, 0.717) is 5.75 Å². The van der Waals surface area contributed by atoms with Gasteiger partial charge < -0.3 is 43.0 Å². The van der Waals surface area contributed by atoms with Crippen LogP contribution in [0.5, 0.6) is 11.5 Å². The molecule has 2 rings (SSSR count). The molecule has 1 N–H and O–H groups in total. The molecule has 1 unspecified atom stereocenters. The zero-order valence-corrected chi connectivity index (χ0v) is 22.1. The SMILES string of the molecule is CC(=O)OC[C@H]1O[C@H](Oc2ccc(OCCC(O)OC(C)=O)cc2)[C@H](OC(C)=O)[C@@H](OC(C)=O)[C@@H]1OC(C)=O. The molecular formula is C25H32O14. The van der Waals surface area contributed by atoms with Gasteiger partial charge in [-0.2, -0.15) is 0 Å². The summed E-state index contributed by atoms with van der Waals surface area (Å²) in [6, 6.07) is 6.09. The van der Waals surface area contributed by atoms with Crippen molar-refractivity contribution in [3.05, 3.63) is 24.3 Å². The predicted octanol–water partition coefficient (Wildman–Crippen LogP) is 0.799. The predicted molar refractivity (Wildman–Crippen MR) is 127 cm³/mol. The van der Waals surface area contributed by atoms with Gasteiger partial charge in [-0.05, 0) is 24.3 Å². The lowest BCUT2D eigenvalue weighted by Crippen LogP contribution is -2.63. The smallest absolute Gasteiger partial charge is 0.304 e. The van der Waals surface area contributed by atoms with Gasteiger partial charge in [-0.1, -0.05) is 0 Å². The van der Waals surface area contributed by atoms with E-state index in [0.717, 1.165) is 20.8 Å². The summed E-state index contributed by atoms with van der Waals surface area (Å²) < 4.78 is 42.9. The number of aliphatic hydroxyl groups excluding tert-OH is 1. The fourth-order valence-electron chi connectivity index (χ4n) is 3.56. The van der Waals surface area contributed by atoms with Crippen molar-refractivity contribution >= 4 is 29.8 Å². The van der Waals surface area contributed by atoms with E-state index in [1.165, 1.54) is 26.0 Å². The first kappa shape index (κ1) is 31.3. The molecule has 0 aliphatic carbocycles. The van der Waals surface area contributed by atoms with Crippen molar-refractivity contribution in [3.8, 4) is 11.5 Å². The molecule has 1 aromatic carbocycles. The van der Waals surface area contributed by atoms with Gasteiger partial charge in [-0.25, -0.2) is 0 Å². The van der Waals surface area contributed by atoms with E-state index < -0.39 is 66.8 Å². The normalized spacial score (nSPS) is 23.0. The fraction of sp³-hybridized carbons (Fsp3) is 0.560. The van der Waals surface area contributed by atoms with Crippen LogP contribution < -0.4 is 9.47 Å². The minimum absolute atomic E-state index is 0.0442. The molecule has 1 fully saturated rings. The second-order valence-electron chi connectivity index (χ2n) is 8.36. The van der Waals surface area contributed by atoms with Gasteiger partial charge in [-0.15, -0.1) is 0 Å². The lowest BCUT2D eigenvalue weighted by molar-refractivity contribution is -0.288. The summed E-state index contributed by atoms with van der Waals surface area (Å²) in [5.74, 6) is -2.89. The van der Waals surface area contributed by atoms with Gasteiger partial charge >= 0.3 is 29.8 Å². The molecule has 6 atom stereocenters. The van der Waals surface area contributed by atoms with Crippen LogP contribution in [-0.2, 0) is 52.4 Å². The Bertz CT molecular complexity index is 1010. The topological polar surface area (TPSA) is 179 Å². The number of hydrogen-bond acceptors (Lipinski definition) is 14. The Morgan fingerprint density at radius 3 is 1.85 bits per heavy atom. The van der Waals surface area contributed by atoms with Crippen LogP contribution in [0, 0.1) is 0 Å². The molecule has 1 aliphatic heterocycles. The number of benzene rings is 1. The molecule has 1 aromatic rings. The summed E-state index contributed by atoms with van der Waals surface area (Å²) >= 11 is 0. The third-order valence-electron chi connectivity index (χ3n) is 4.96. The number of carbonyl (C=O) groups excluding carboxylic acids is 5. The van der Waals surface area contributed by atoms with E-state index in [2.05, 4.69) is 4.74 Å². The third-order valence-corrected chi connectivity index (χ3v) is 4.96. The van der Waals surface area contributed by atoms with Gasteiger partial charge in [0.1, 0.15) is 24.2 Å². The van der Waals surface area contributed by atoms with Crippen LogP contribution in [0.4, 0.5) is 0 Å². The summed E-state index contributed by atoms with van der Waals surface area (Å²) in [6.07, 6.45) is -7.81. The van der Waals surface area contributed by atoms with Crippen molar-refractivity contribution in [2.24, 2.45) is 0 Å². The first-order valence-electron chi connectivity index (χ1n) is 11.9. The largest absolute Gasteiger partial charge is 0.493 e. The summed E-state index contributed by atoms with van der Waals surface area (Å²) in [7, 11) is 0. The minimum atomic E-state index is -1.38. The number of esters is 5. The maximum Gasteiger partial charge on any atom is 0.304 e. The summed E-state index contributed by atoms with van der Waals surface area (Å²) in [6.45, 7) is 5.37. The van der Waals surface area contributed by atoms with Gasteiger partial charge in [0.05, 0.1) is 6.61 Å². The van der Waals surface area contributed by atoms with E-state index in [-0.39, 0.29) is 25.4 Å². The highest BCUT2D eigenvalue weighted by atomic mass is 16.7. The zero-order chi connectivity index (χ0) is 29.1. The van der Waals surface area contributed by atoms with E-state index in [4.69, 9.17) is 33.2 Å². The Morgan fingerprint density at radius 1 is 0.769 bits per heavy atom. The zero-order valence-electron chi connectivity index (χ0n) is 22.1. The lowest BCUT2D eigenvalue weighted by atomic mass is 9.98. The third kappa shape index (κ3) is 10.8. The molecule has 0 bridgehead atoms. The Morgan fingerprint density at radius 2 is 1.31 bits per heavy atom. The Labute approximate surface area is 224 Å². The Hall–Kier alpha value is -3.91. The molecule has 0 spiro atoms. The molecule has 14 heteroatoms. The minimum Gasteiger partial charge on any atom is -0.493 e. The maximum absolute atomic E-state index is 11.9. The highest BCUT2D eigenvalue weighted by Gasteiger charge is 2.53. The molecule has 0 saturated carbocycles. The Kier molecular flexibility index (Phi) is 11.9. The van der Waals surface area contributed by atoms with Crippen molar-refractivity contribution < 1.29 is 67.0 Å². The van der Waals surface area contributed by atoms with Gasteiger partial charge in [0, 0.05) is 41.0 Å². The molecule has 216 valence electrons. The molecule has 39 heavy (non-hydrogen) atoms. The monoisotopic (exact) mass is 556 g/mol. The molecule has 0 aromatic heterocycles. The summed E-state index contributed by atoms with van der Waals surface area (Å²) in [5, 5.41) is 9.56. The van der Waals surface area contributed by atoms with Gasteiger partial charge in [0.2, 0.25) is 18.7 Å². The van der Waals surface area contributed by atoms with E-state index >= 15 is 0 Å². The second kappa shape index (κ2) is 14.9. The molecule has 0 amide bonds. The van der Waals surface area contributed by atoms with Crippen LogP contribution in [0.15, 0.2) is 24.3 Å². The van der Waals surface area contributed by atoms with Crippen molar-refractivity contribution in [3.63, 3.8) is 0 Å². The van der Waals surface area contributed by atoms with Crippen LogP contribution in [0.1, 0.15) is 41.0 Å². The van der Waals surface area contributed by atoms with Crippen molar-refractivity contribution in [2.45, 2.75) is 78.0 Å². The lowest BCUT2D eigenvalue weighted by Gasteiger charge is -2.43. The number of rotatable bonds is 12. The highest BCUT2D eigenvalue weighted by Crippen LogP contribution is 2.31. The van der Waals surface area contributed by atoms with Crippen LogP contribution in [0.3, 0.4) is 0 Å². The first-order chi connectivity index (χ1) is 18.3. The highest BCUT2D eigenvalue weighted by molar-refractivity contribution is 5.69. The quantitative estimate of drug-likeness (QED) is 0.217. The molecule has 1 heterocycles. The standard InChI is InChI=1S/C25H32O14/c1-13(26)33-12-20-22(35-15(3)28)23(36-16(4)29)24(37-17(5)30)25(39-20)38-19-8-6-18(7-9-19)32-11-10-21(31)34-14(2)27/h6-9,20-25,31H,10-12H2,1-5H3/t20-,21?,22-,23+,24-,25+/m1/s1. The molecule has 0 radical (unpaired) electrons. The van der Waals surface area contributed by atoms with E-state index in [1.807, 2.05) is 0 Å². The average molecular weight is 557 g/mol. The van der Waals surface area contributed by atoms with Crippen LogP contribution in [0.2, 0.25) is 0 Å². The summed E-state index contributed by atoms with van der Waals surface area (Å²) in [4.78, 5) is 57.9. The van der Waals surface area contributed by atoms with Crippen molar-refractivity contribution in [1.82, 2.24) is 0 Å². The van der Waals surface area contributed by atoms with Gasteiger partial charge in [0.15, 0.2) is 12.2 Å². The molecular weight excluding hydrogens is 524 g/mol.